The Labute approximate surface area is 158 Å². The molecule has 0 aliphatic rings. The van der Waals surface area contributed by atoms with Gasteiger partial charge in [0.25, 0.3) is 0 Å². The second kappa shape index (κ2) is 9.62. The van der Waals surface area contributed by atoms with Gasteiger partial charge in [-0.25, -0.2) is 4.39 Å². The lowest BCUT2D eigenvalue weighted by molar-refractivity contribution is -0.129. The maximum Gasteiger partial charge on any atom is 0.226 e. The van der Waals surface area contributed by atoms with Gasteiger partial charge in [0.05, 0.1) is 0 Å². The fraction of sp³-hybridized carbons (Fsp3) is 0.286. The molecule has 0 fully saturated rings. The first-order valence-corrected chi connectivity index (χ1v) is 8.76. The van der Waals surface area contributed by atoms with Crippen LogP contribution in [0.1, 0.15) is 36.2 Å². The molecule has 0 aromatic heterocycles. The number of benzene rings is 2. The van der Waals surface area contributed by atoms with E-state index in [4.69, 9.17) is 0 Å². The smallest absolute Gasteiger partial charge is 0.226 e. The Hall–Kier alpha value is -3.02. The van der Waals surface area contributed by atoms with Crippen LogP contribution >= 0.6 is 0 Å². The molecule has 0 spiro atoms. The summed E-state index contributed by atoms with van der Waals surface area (Å²) in [6, 6.07) is 12.8. The van der Waals surface area contributed by atoms with Crippen molar-refractivity contribution in [2.75, 3.05) is 18.4 Å². The normalized spacial score (nSPS) is 10.3. The molecule has 142 valence electrons. The van der Waals surface area contributed by atoms with Gasteiger partial charge in [0.2, 0.25) is 11.8 Å². The Kier molecular flexibility index (Phi) is 7.23. The number of hydrogen-bond acceptors (Lipinski definition) is 3. The molecule has 2 aromatic rings. The Bertz CT molecular complexity index is 801. The lowest BCUT2D eigenvalue weighted by Gasteiger charge is -2.21. The molecule has 0 unspecified atom stereocenters. The van der Waals surface area contributed by atoms with Crippen LogP contribution in [-0.2, 0) is 16.0 Å². The van der Waals surface area contributed by atoms with Gasteiger partial charge >= 0.3 is 0 Å². The highest BCUT2D eigenvalue weighted by Crippen LogP contribution is 2.11. The number of hydrogen-bond donors (Lipinski definition) is 1. The molecule has 2 aromatic carbocycles. The van der Waals surface area contributed by atoms with E-state index in [0.29, 0.717) is 30.8 Å². The van der Waals surface area contributed by atoms with Gasteiger partial charge in [-0.15, -0.1) is 0 Å². The van der Waals surface area contributed by atoms with Crippen molar-refractivity contribution in [3.05, 3.63) is 65.5 Å². The Morgan fingerprint density at radius 3 is 2.11 bits per heavy atom. The molecule has 27 heavy (non-hydrogen) atoms. The van der Waals surface area contributed by atoms with Crippen LogP contribution in [0.5, 0.6) is 0 Å². The van der Waals surface area contributed by atoms with Gasteiger partial charge < -0.3 is 10.2 Å². The molecule has 0 aliphatic heterocycles. The van der Waals surface area contributed by atoms with Crippen LogP contribution in [0.25, 0.3) is 0 Å². The Morgan fingerprint density at radius 2 is 1.56 bits per heavy atom. The standard InChI is InChI=1S/C21H23FN2O3/c1-15(25)18-5-9-20(10-6-18)23-21(27)12-14-24(16(2)26)13-11-17-3-7-19(22)8-4-17/h3-10H,11-14H2,1-2H3,(H,23,27). The second-order valence-corrected chi connectivity index (χ2v) is 6.31. The average Bonchev–Trinajstić information content (AvgIpc) is 2.63. The predicted octanol–water partition coefficient (Wildman–Crippen LogP) is 3.45. The average molecular weight is 370 g/mol. The number of carbonyl (C=O) groups is 3. The third-order valence-electron chi connectivity index (χ3n) is 4.21. The van der Waals surface area contributed by atoms with Crippen LogP contribution in [0.2, 0.25) is 0 Å². The molecular formula is C21H23FN2O3. The predicted molar refractivity (Wildman–Crippen MR) is 102 cm³/mol. The lowest BCUT2D eigenvalue weighted by atomic mass is 10.1. The van der Waals surface area contributed by atoms with E-state index in [1.165, 1.54) is 26.0 Å². The van der Waals surface area contributed by atoms with Crippen molar-refractivity contribution < 1.29 is 18.8 Å². The number of carbonyl (C=O) groups excluding carboxylic acids is 3. The van der Waals surface area contributed by atoms with Crippen LogP contribution in [-0.4, -0.2) is 35.6 Å². The second-order valence-electron chi connectivity index (χ2n) is 6.31. The van der Waals surface area contributed by atoms with Crippen molar-refractivity contribution in [3.63, 3.8) is 0 Å². The van der Waals surface area contributed by atoms with Crippen molar-refractivity contribution in [1.82, 2.24) is 4.90 Å². The highest BCUT2D eigenvalue weighted by Gasteiger charge is 2.12. The highest BCUT2D eigenvalue weighted by molar-refractivity contribution is 5.95. The molecule has 0 atom stereocenters. The zero-order valence-corrected chi connectivity index (χ0v) is 15.5. The minimum Gasteiger partial charge on any atom is -0.342 e. The zero-order valence-electron chi connectivity index (χ0n) is 15.5. The van der Waals surface area contributed by atoms with E-state index in [-0.39, 0.29) is 29.8 Å². The molecule has 6 heteroatoms. The molecule has 0 aliphatic carbocycles. The summed E-state index contributed by atoms with van der Waals surface area (Å²) in [6.07, 6.45) is 0.755. The number of ketones is 1. The van der Waals surface area contributed by atoms with Crippen LogP contribution in [0.3, 0.4) is 0 Å². The van der Waals surface area contributed by atoms with Gasteiger partial charge in [-0.1, -0.05) is 12.1 Å². The summed E-state index contributed by atoms with van der Waals surface area (Å²) < 4.78 is 12.9. The van der Waals surface area contributed by atoms with Gasteiger partial charge in [-0.3, -0.25) is 14.4 Å². The van der Waals surface area contributed by atoms with E-state index in [1.54, 1.807) is 41.3 Å². The summed E-state index contributed by atoms with van der Waals surface area (Å²) >= 11 is 0. The van der Waals surface area contributed by atoms with Crippen molar-refractivity contribution >= 4 is 23.3 Å². The van der Waals surface area contributed by atoms with E-state index in [1.807, 2.05) is 0 Å². The van der Waals surface area contributed by atoms with E-state index in [9.17, 15) is 18.8 Å². The number of nitrogens with one attached hydrogen (secondary N) is 1. The highest BCUT2D eigenvalue weighted by atomic mass is 19.1. The van der Waals surface area contributed by atoms with Gasteiger partial charge in [0.1, 0.15) is 5.82 Å². The Morgan fingerprint density at radius 1 is 0.926 bits per heavy atom. The molecule has 2 amide bonds. The van der Waals surface area contributed by atoms with Gasteiger partial charge in [-0.05, 0) is 55.3 Å². The first-order valence-electron chi connectivity index (χ1n) is 8.76. The van der Waals surface area contributed by atoms with E-state index >= 15 is 0 Å². The van der Waals surface area contributed by atoms with Crippen molar-refractivity contribution in [2.24, 2.45) is 0 Å². The summed E-state index contributed by atoms with van der Waals surface area (Å²) in [6.45, 7) is 3.70. The molecule has 0 bridgehead atoms. The summed E-state index contributed by atoms with van der Waals surface area (Å²) in [5.41, 5.74) is 2.11. The van der Waals surface area contributed by atoms with E-state index in [0.717, 1.165) is 5.56 Å². The molecular weight excluding hydrogens is 347 g/mol. The first-order chi connectivity index (χ1) is 12.8. The monoisotopic (exact) mass is 370 g/mol. The summed E-state index contributed by atoms with van der Waals surface area (Å²) in [7, 11) is 0. The van der Waals surface area contributed by atoms with E-state index in [2.05, 4.69) is 5.32 Å². The minimum absolute atomic E-state index is 0.0360. The van der Waals surface area contributed by atoms with Crippen molar-refractivity contribution in [1.29, 1.82) is 0 Å². The SMILES string of the molecule is CC(=O)c1ccc(NC(=O)CCN(CCc2ccc(F)cc2)C(C)=O)cc1. The number of amides is 2. The fourth-order valence-corrected chi connectivity index (χ4v) is 2.59. The van der Waals surface area contributed by atoms with Gasteiger partial charge in [0, 0.05) is 37.7 Å². The largest absolute Gasteiger partial charge is 0.342 e. The molecule has 0 saturated carbocycles. The number of anilines is 1. The van der Waals surface area contributed by atoms with Crippen molar-refractivity contribution in [2.45, 2.75) is 26.7 Å². The summed E-state index contributed by atoms with van der Waals surface area (Å²) in [4.78, 5) is 36.8. The quantitative estimate of drug-likeness (QED) is 0.724. The topological polar surface area (TPSA) is 66.5 Å². The molecule has 5 nitrogen and oxygen atoms in total. The molecule has 0 radical (unpaired) electrons. The number of rotatable bonds is 8. The van der Waals surface area contributed by atoms with Crippen LogP contribution in [0.4, 0.5) is 10.1 Å². The lowest BCUT2D eigenvalue weighted by Crippen LogP contribution is -2.33. The maximum atomic E-state index is 12.9. The maximum absolute atomic E-state index is 12.9. The summed E-state index contributed by atoms with van der Waals surface area (Å²) in [5.74, 6) is -0.657. The van der Waals surface area contributed by atoms with Crippen LogP contribution < -0.4 is 5.32 Å². The fourth-order valence-electron chi connectivity index (χ4n) is 2.59. The molecule has 0 saturated heterocycles. The van der Waals surface area contributed by atoms with Crippen LogP contribution in [0.15, 0.2) is 48.5 Å². The first kappa shape index (κ1) is 20.3. The van der Waals surface area contributed by atoms with Crippen molar-refractivity contribution in [3.8, 4) is 0 Å². The zero-order chi connectivity index (χ0) is 19.8. The molecule has 2 rings (SSSR count). The Balaban J connectivity index is 1.83. The number of halogens is 1. The van der Waals surface area contributed by atoms with Gasteiger partial charge in [0.15, 0.2) is 5.78 Å². The minimum atomic E-state index is -0.296. The van der Waals surface area contributed by atoms with Gasteiger partial charge in [-0.2, -0.15) is 0 Å². The third kappa shape index (κ3) is 6.66. The third-order valence-corrected chi connectivity index (χ3v) is 4.21. The molecule has 0 heterocycles. The number of nitrogens with zero attached hydrogens (tertiary/aromatic N) is 1. The molecule has 1 N–H and O–H groups in total. The van der Waals surface area contributed by atoms with E-state index < -0.39 is 0 Å². The van der Waals surface area contributed by atoms with Crippen LogP contribution in [0, 0.1) is 5.82 Å². The summed E-state index contributed by atoms with van der Waals surface area (Å²) in [5, 5.41) is 2.75. The number of Topliss-reactive ketones (excluding diaryl/α,β-unsaturated/α-hetero) is 1.